The van der Waals surface area contributed by atoms with Crippen molar-refractivity contribution < 1.29 is 4.74 Å². The van der Waals surface area contributed by atoms with Gasteiger partial charge in [-0.25, -0.2) is 15.0 Å². The van der Waals surface area contributed by atoms with Crippen LogP contribution < -0.4 is 15.8 Å². The van der Waals surface area contributed by atoms with Gasteiger partial charge in [0.15, 0.2) is 22.1 Å². The Bertz CT molecular complexity index is 1090. The molecule has 8 heteroatoms. The van der Waals surface area contributed by atoms with Gasteiger partial charge in [-0.1, -0.05) is 45.2 Å². The summed E-state index contributed by atoms with van der Waals surface area (Å²) in [5.74, 6) is 1.33. The molecule has 0 aliphatic carbocycles. The number of hydrogen-bond acceptors (Lipinski definition) is 7. The number of hydrogen-bond donors (Lipinski definition) is 2. The Morgan fingerprint density at radius 3 is 2.93 bits per heavy atom. The molecule has 3 heterocycles. The summed E-state index contributed by atoms with van der Waals surface area (Å²) in [6.07, 6.45) is 4.31. The van der Waals surface area contributed by atoms with Gasteiger partial charge in [0.1, 0.15) is 12.1 Å². The van der Waals surface area contributed by atoms with Crippen LogP contribution >= 0.6 is 11.8 Å². The lowest BCUT2D eigenvalue weighted by Crippen LogP contribution is -2.29. The Morgan fingerprint density at radius 2 is 2.17 bits per heavy atom. The van der Waals surface area contributed by atoms with Crippen molar-refractivity contribution in [2.45, 2.75) is 43.8 Å². The second-order valence-corrected chi connectivity index (χ2v) is 9.63. The second-order valence-electron chi connectivity index (χ2n) is 8.62. The Hall–Kier alpha value is -2.58. The average molecular weight is 425 g/mol. The Morgan fingerprint density at radius 1 is 1.33 bits per heavy atom. The minimum Gasteiger partial charge on any atom is -0.493 e. The van der Waals surface area contributed by atoms with E-state index < -0.39 is 0 Å². The van der Waals surface area contributed by atoms with Gasteiger partial charge in [-0.3, -0.25) is 0 Å². The van der Waals surface area contributed by atoms with Crippen LogP contribution in [0.5, 0.6) is 5.75 Å². The van der Waals surface area contributed by atoms with Gasteiger partial charge in [-0.05, 0) is 28.7 Å². The third-order valence-corrected chi connectivity index (χ3v) is 6.00. The van der Waals surface area contributed by atoms with E-state index in [1.807, 2.05) is 6.08 Å². The topological polar surface area (TPSA) is 90.9 Å². The predicted molar refractivity (Wildman–Crippen MR) is 122 cm³/mol. The highest BCUT2D eigenvalue weighted by molar-refractivity contribution is 7.99. The molecule has 1 aliphatic rings. The van der Waals surface area contributed by atoms with Gasteiger partial charge in [0.2, 0.25) is 0 Å². The van der Waals surface area contributed by atoms with Crippen molar-refractivity contribution >= 4 is 34.8 Å². The maximum absolute atomic E-state index is 6.09. The van der Waals surface area contributed by atoms with Gasteiger partial charge < -0.3 is 20.4 Å². The van der Waals surface area contributed by atoms with Crippen molar-refractivity contribution in [1.82, 2.24) is 24.8 Å². The number of imidazole rings is 1. The Kier molecular flexibility index (Phi) is 5.71. The van der Waals surface area contributed by atoms with Gasteiger partial charge in [0.05, 0.1) is 6.61 Å². The molecule has 0 saturated carbocycles. The van der Waals surface area contributed by atoms with Gasteiger partial charge >= 0.3 is 0 Å². The number of nitrogens with two attached hydrogens (primary N) is 1. The van der Waals surface area contributed by atoms with E-state index in [9.17, 15) is 0 Å². The van der Waals surface area contributed by atoms with Crippen LogP contribution in [0.1, 0.15) is 31.9 Å². The predicted octanol–water partition coefficient (Wildman–Crippen LogP) is 3.77. The molecule has 4 rings (SSSR count). The van der Waals surface area contributed by atoms with E-state index in [0.29, 0.717) is 11.3 Å². The largest absolute Gasteiger partial charge is 0.493 e. The van der Waals surface area contributed by atoms with E-state index >= 15 is 0 Å². The minimum absolute atomic E-state index is 0.227. The molecule has 1 aromatic carbocycles. The first-order chi connectivity index (χ1) is 14.4. The maximum atomic E-state index is 6.09. The molecule has 0 unspecified atom stereocenters. The fraction of sp³-hybridized carbons (Fsp3) is 0.409. The molecular formula is C22H28N6OS. The summed E-state index contributed by atoms with van der Waals surface area (Å²) >= 11 is 1.58. The number of nitrogens with one attached hydrogen (secondary N) is 1. The monoisotopic (exact) mass is 424 g/mol. The number of nitrogens with zero attached hydrogens (tertiary/aromatic N) is 4. The van der Waals surface area contributed by atoms with Crippen LogP contribution in [0.2, 0.25) is 0 Å². The SMILES string of the molecule is C=Cc1cc2c(cc1Sc1nc3c(N)ncnc3n1CCNCC(C)(C)C)OCC2. The zero-order chi connectivity index (χ0) is 21.3. The molecule has 0 saturated heterocycles. The molecule has 0 amide bonds. The fourth-order valence-corrected chi connectivity index (χ4v) is 4.49. The first-order valence-corrected chi connectivity index (χ1v) is 10.9. The Balaban J connectivity index is 1.67. The van der Waals surface area contributed by atoms with Crippen LogP contribution in [0.25, 0.3) is 17.2 Å². The lowest BCUT2D eigenvalue weighted by atomic mass is 9.97. The Labute approximate surface area is 181 Å². The van der Waals surface area contributed by atoms with Gasteiger partial charge in [-0.15, -0.1) is 0 Å². The summed E-state index contributed by atoms with van der Waals surface area (Å²) in [6, 6.07) is 4.24. The van der Waals surface area contributed by atoms with E-state index in [1.54, 1.807) is 11.8 Å². The smallest absolute Gasteiger partial charge is 0.175 e. The van der Waals surface area contributed by atoms with Crippen molar-refractivity contribution in [2.24, 2.45) is 5.41 Å². The van der Waals surface area contributed by atoms with Gasteiger partial charge in [0.25, 0.3) is 0 Å². The lowest BCUT2D eigenvalue weighted by molar-refractivity contribution is 0.356. The first-order valence-electron chi connectivity index (χ1n) is 10.1. The van der Waals surface area contributed by atoms with E-state index in [-0.39, 0.29) is 5.41 Å². The highest BCUT2D eigenvalue weighted by Gasteiger charge is 2.20. The summed E-state index contributed by atoms with van der Waals surface area (Å²) in [6.45, 7) is 13.8. The highest BCUT2D eigenvalue weighted by Crippen LogP contribution is 2.38. The van der Waals surface area contributed by atoms with Gasteiger partial charge in [0, 0.05) is 31.0 Å². The molecule has 0 bridgehead atoms. The molecule has 30 heavy (non-hydrogen) atoms. The second kappa shape index (κ2) is 8.28. The number of rotatable bonds is 7. The average Bonchev–Trinajstić information content (AvgIpc) is 3.29. The van der Waals surface area contributed by atoms with Crippen molar-refractivity contribution in [3.63, 3.8) is 0 Å². The van der Waals surface area contributed by atoms with Gasteiger partial charge in [-0.2, -0.15) is 0 Å². The molecule has 1 aliphatic heterocycles. The van der Waals surface area contributed by atoms with Crippen LogP contribution in [0.4, 0.5) is 5.82 Å². The van der Waals surface area contributed by atoms with Crippen LogP contribution in [0, 0.1) is 5.41 Å². The molecule has 158 valence electrons. The summed E-state index contributed by atoms with van der Waals surface area (Å²) in [5.41, 5.74) is 10.00. The summed E-state index contributed by atoms with van der Waals surface area (Å²) in [7, 11) is 0. The van der Waals surface area contributed by atoms with Crippen LogP contribution in [0.3, 0.4) is 0 Å². The van der Waals surface area contributed by atoms with Crippen molar-refractivity contribution in [2.75, 3.05) is 25.4 Å². The molecule has 0 spiro atoms. The first kappa shape index (κ1) is 20.7. The van der Waals surface area contributed by atoms with E-state index in [4.69, 9.17) is 15.5 Å². The number of benzene rings is 1. The van der Waals surface area contributed by atoms with E-state index in [2.05, 4.69) is 59.3 Å². The number of fused-ring (bicyclic) bond motifs is 2. The number of nitrogen functional groups attached to an aromatic ring is 1. The zero-order valence-corrected chi connectivity index (χ0v) is 18.6. The van der Waals surface area contributed by atoms with E-state index in [1.165, 1.54) is 11.9 Å². The molecular weight excluding hydrogens is 396 g/mol. The third-order valence-electron chi connectivity index (χ3n) is 4.94. The van der Waals surface area contributed by atoms with Crippen molar-refractivity contribution in [3.8, 4) is 5.75 Å². The number of anilines is 1. The molecule has 3 aromatic rings. The summed E-state index contributed by atoms with van der Waals surface area (Å²) in [4.78, 5) is 14.4. The highest BCUT2D eigenvalue weighted by atomic mass is 32.2. The van der Waals surface area contributed by atoms with Crippen LogP contribution in [0.15, 0.2) is 35.1 Å². The summed E-state index contributed by atoms with van der Waals surface area (Å²) < 4.78 is 7.87. The number of aromatic nitrogens is 4. The van der Waals surface area contributed by atoms with Crippen molar-refractivity contribution in [3.05, 3.63) is 36.2 Å². The molecule has 7 nitrogen and oxygen atoms in total. The van der Waals surface area contributed by atoms with Crippen LogP contribution in [-0.2, 0) is 13.0 Å². The molecule has 3 N–H and O–H groups in total. The minimum atomic E-state index is 0.227. The lowest BCUT2D eigenvalue weighted by Gasteiger charge is -2.19. The van der Waals surface area contributed by atoms with E-state index in [0.717, 1.165) is 59.7 Å². The molecule has 0 atom stereocenters. The fourth-order valence-electron chi connectivity index (χ4n) is 3.44. The third kappa shape index (κ3) is 4.29. The molecule has 2 aromatic heterocycles. The molecule has 0 fully saturated rings. The maximum Gasteiger partial charge on any atom is 0.175 e. The normalized spacial score (nSPS) is 13.4. The summed E-state index contributed by atoms with van der Waals surface area (Å²) in [5, 5.41) is 4.35. The quantitative estimate of drug-likeness (QED) is 0.558. The van der Waals surface area contributed by atoms with Crippen molar-refractivity contribution in [1.29, 1.82) is 0 Å². The molecule has 0 radical (unpaired) electrons. The zero-order valence-electron chi connectivity index (χ0n) is 17.7. The standard InChI is InChI=1S/C22H28N6OS/c1-5-14-10-15-6-9-29-16(15)11-17(14)30-21-27-18-19(23)25-13-26-20(18)28(21)8-7-24-12-22(2,3)4/h5,10-11,13,24H,1,6-9,12H2,2-4H3,(H2,23,25,26). The van der Waals surface area contributed by atoms with Crippen LogP contribution in [-0.4, -0.2) is 39.2 Å². The number of ether oxygens (including phenoxy) is 1.